The molecule has 1 aromatic heterocycles. The van der Waals surface area contributed by atoms with Gasteiger partial charge in [0.25, 0.3) is 0 Å². The van der Waals surface area contributed by atoms with Gasteiger partial charge in [-0.15, -0.1) is 0 Å². The number of nitrogens with one attached hydrogen (secondary N) is 1. The smallest absolute Gasteiger partial charge is 0.110 e. The average molecular weight is 326 g/mol. The SMILES string of the molecule is CCCNC(Cc1nccn1CC)c1cc(Cl)ccc1Cl. The molecule has 0 amide bonds. The van der Waals surface area contributed by atoms with Crippen molar-refractivity contribution >= 4 is 23.2 Å². The van der Waals surface area contributed by atoms with E-state index in [1.54, 1.807) is 0 Å². The van der Waals surface area contributed by atoms with Crippen molar-refractivity contribution in [3.05, 3.63) is 52.0 Å². The predicted octanol–water partition coefficient (Wildman–Crippen LogP) is 4.49. The molecule has 5 heteroatoms. The van der Waals surface area contributed by atoms with Crippen LogP contribution in [0.3, 0.4) is 0 Å². The zero-order valence-electron chi connectivity index (χ0n) is 12.4. The quantitative estimate of drug-likeness (QED) is 0.812. The van der Waals surface area contributed by atoms with E-state index in [-0.39, 0.29) is 6.04 Å². The Hall–Kier alpha value is -1.03. The first-order valence-corrected chi connectivity index (χ1v) is 8.09. The first-order valence-electron chi connectivity index (χ1n) is 7.34. The molecular weight excluding hydrogens is 305 g/mol. The molecule has 114 valence electrons. The maximum absolute atomic E-state index is 6.36. The molecule has 0 bridgehead atoms. The molecule has 0 aliphatic rings. The minimum Gasteiger partial charge on any atom is -0.335 e. The second-order valence-corrected chi connectivity index (χ2v) is 5.85. The first-order chi connectivity index (χ1) is 10.2. The molecule has 1 unspecified atom stereocenters. The van der Waals surface area contributed by atoms with Gasteiger partial charge in [-0.25, -0.2) is 4.98 Å². The predicted molar refractivity (Wildman–Crippen MR) is 89.1 cm³/mol. The summed E-state index contributed by atoms with van der Waals surface area (Å²) in [7, 11) is 0. The molecule has 1 atom stereocenters. The van der Waals surface area contributed by atoms with Crippen LogP contribution in [0.15, 0.2) is 30.6 Å². The van der Waals surface area contributed by atoms with Crippen LogP contribution in [0.2, 0.25) is 10.0 Å². The van der Waals surface area contributed by atoms with Crippen molar-refractivity contribution in [2.45, 2.75) is 39.3 Å². The van der Waals surface area contributed by atoms with E-state index in [0.29, 0.717) is 5.02 Å². The van der Waals surface area contributed by atoms with Gasteiger partial charge in [0.15, 0.2) is 0 Å². The van der Waals surface area contributed by atoms with Crippen LogP contribution in [-0.2, 0) is 13.0 Å². The van der Waals surface area contributed by atoms with E-state index in [4.69, 9.17) is 23.2 Å². The number of imidazole rings is 1. The molecule has 1 N–H and O–H groups in total. The summed E-state index contributed by atoms with van der Waals surface area (Å²) in [6.07, 6.45) is 5.71. The molecule has 0 aliphatic heterocycles. The molecule has 0 saturated heterocycles. The van der Waals surface area contributed by atoms with Gasteiger partial charge in [-0.3, -0.25) is 0 Å². The Morgan fingerprint density at radius 1 is 1.29 bits per heavy atom. The molecule has 0 saturated carbocycles. The van der Waals surface area contributed by atoms with Gasteiger partial charge in [-0.1, -0.05) is 30.1 Å². The lowest BCUT2D eigenvalue weighted by molar-refractivity contribution is 0.506. The fourth-order valence-electron chi connectivity index (χ4n) is 2.39. The lowest BCUT2D eigenvalue weighted by Gasteiger charge is -2.20. The van der Waals surface area contributed by atoms with Crippen LogP contribution in [-0.4, -0.2) is 16.1 Å². The van der Waals surface area contributed by atoms with Crippen LogP contribution in [0.1, 0.15) is 37.7 Å². The lowest BCUT2D eigenvalue weighted by Crippen LogP contribution is -2.25. The van der Waals surface area contributed by atoms with Crippen molar-refractivity contribution < 1.29 is 0 Å². The van der Waals surface area contributed by atoms with Crippen molar-refractivity contribution in [3.8, 4) is 0 Å². The van der Waals surface area contributed by atoms with E-state index >= 15 is 0 Å². The summed E-state index contributed by atoms with van der Waals surface area (Å²) in [4.78, 5) is 4.46. The summed E-state index contributed by atoms with van der Waals surface area (Å²) in [5.41, 5.74) is 1.03. The van der Waals surface area contributed by atoms with Gasteiger partial charge in [-0.05, 0) is 43.7 Å². The number of hydrogen-bond donors (Lipinski definition) is 1. The van der Waals surface area contributed by atoms with Gasteiger partial charge in [-0.2, -0.15) is 0 Å². The number of halogens is 2. The van der Waals surface area contributed by atoms with Gasteiger partial charge in [0.2, 0.25) is 0 Å². The summed E-state index contributed by atoms with van der Waals surface area (Å²) in [5, 5.41) is 4.99. The minimum atomic E-state index is 0.115. The van der Waals surface area contributed by atoms with Gasteiger partial charge >= 0.3 is 0 Å². The third-order valence-corrected chi connectivity index (χ3v) is 4.08. The molecule has 3 nitrogen and oxygen atoms in total. The standard InChI is InChI=1S/C16H21Cl2N3/c1-3-7-19-15(11-16-20-8-9-21(16)4-2)13-10-12(17)5-6-14(13)18/h5-6,8-10,15,19H,3-4,7,11H2,1-2H3. The third kappa shape index (κ3) is 4.22. The van der Waals surface area contributed by atoms with E-state index in [1.165, 1.54) is 0 Å². The fraction of sp³-hybridized carbons (Fsp3) is 0.438. The Morgan fingerprint density at radius 3 is 2.81 bits per heavy atom. The third-order valence-electron chi connectivity index (χ3n) is 3.50. The molecule has 0 fully saturated rings. The molecule has 21 heavy (non-hydrogen) atoms. The zero-order valence-corrected chi connectivity index (χ0v) is 14.0. The Bertz CT molecular complexity index is 581. The second-order valence-electron chi connectivity index (χ2n) is 5.01. The average Bonchev–Trinajstić information content (AvgIpc) is 2.93. The van der Waals surface area contributed by atoms with Crippen molar-refractivity contribution in [2.24, 2.45) is 0 Å². The second kappa shape index (κ2) is 7.83. The molecule has 0 aliphatic carbocycles. The van der Waals surface area contributed by atoms with Gasteiger partial charge in [0.1, 0.15) is 5.82 Å². The molecule has 2 aromatic rings. The van der Waals surface area contributed by atoms with Crippen molar-refractivity contribution in [1.29, 1.82) is 0 Å². The molecule has 2 rings (SSSR count). The monoisotopic (exact) mass is 325 g/mol. The largest absolute Gasteiger partial charge is 0.335 e. The molecule has 1 aromatic carbocycles. The number of benzene rings is 1. The highest BCUT2D eigenvalue weighted by Gasteiger charge is 2.17. The van der Waals surface area contributed by atoms with Gasteiger partial charge < -0.3 is 9.88 Å². The number of hydrogen-bond acceptors (Lipinski definition) is 2. The summed E-state index contributed by atoms with van der Waals surface area (Å²) < 4.78 is 2.15. The summed E-state index contributed by atoms with van der Waals surface area (Å²) in [5.74, 6) is 1.06. The van der Waals surface area contributed by atoms with E-state index in [0.717, 1.165) is 42.3 Å². The number of aryl methyl sites for hydroxylation is 1. The van der Waals surface area contributed by atoms with Crippen LogP contribution < -0.4 is 5.32 Å². The zero-order chi connectivity index (χ0) is 15.2. The van der Waals surface area contributed by atoms with Crippen LogP contribution >= 0.6 is 23.2 Å². The van der Waals surface area contributed by atoms with E-state index < -0.39 is 0 Å². The van der Waals surface area contributed by atoms with Gasteiger partial charge in [0.05, 0.1) is 0 Å². The topological polar surface area (TPSA) is 29.9 Å². The normalized spacial score (nSPS) is 12.6. The maximum atomic E-state index is 6.36. The molecular formula is C16H21Cl2N3. The summed E-state index contributed by atoms with van der Waals surface area (Å²) in [6, 6.07) is 5.73. The molecule has 0 radical (unpaired) electrons. The number of nitrogens with zero attached hydrogens (tertiary/aromatic N) is 2. The van der Waals surface area contributed by atoms with Crippen molar-refractivity contribution in [3.63, 3.8) is 0 Å². The number of aromatic nitrogens is 2. The summed E-state index contributed by atoms with van der Waals surface area (Å²) >= 11 is 12.5. The Morgan fingerprint density at radius 2 is 2.10 bits per heavy atom. The Labute approximate surface area is 136 Å². The van der Waals surface area contributed by atoms with Crippen molar-refractivity contribution in [2.75, 3.05) is 6.54 Å². The van der Waals surface area contributed by atoms with Crippen LogP contribution in [0.5, 0.6) is 0 Å². The lowest BCUT2D eigenvalue weighted by atomic mass is 10.0. The van der Waals surface area contributed by atoms with E-state index in [1.807, 2.05) is 30.6 Å². The highest BCUT2D eigenvalue weighted by Crippen LogP contribution is 2.28. The minimum absolute atomic E-state index is 0.115. The highest BCUT2D eigenvalue weighted by molar-refractivity contribution is 6.33. The summed E-state index contributed by atoms with van der Waals surface area (Å²) in [6.45, 7) is 6.11. The number of rotatable bonds is 7. The maximum Gasteiger partial charge on any atom is 0.110 e. The molecule has 1 heterocycles. The van der Waals surface area contributed by atoms with E-state index in [2.05, 4.69) is 28.7 Å². The van der Waals surface area contributed by atoms with Crippen LogP contribution in [0, 0.1) is 0 Å². The van der Waals surface area contributed by atoms with Crippen molar-refractivity contribution in [1.82, 2.24) is 14.9 Å². The fourth-order valence-corrected chi connectivity index (χ4v) is 2.82. The van der Waals surface area contributed by atoms with E-state index in [9.17, 15) is 0 Å². The Kier molecular flexibility index (Phi) is 6.09. The highest BCUT2D eigenvalue weighted by atomic mass is 35.5. The first kappa shape index (κ1) is 16.3. The van der Waals surface area contributed by atoms with Gasteiger partial charge in [0, 0.05) is 41.4 Å². The Balaban J connectivity index is 2.27. The van der Waals surface area contributed by atoms with Crippen LogP contribution in [0.4, 0.5) is 0 Å². The van der Waals surface area contributed by atoms with Crippen LogP contribution in [0.25, 0.3) is 0 Å². The molecule has 0 spiro atoms.